The van der Waals surface area contributed by atoms with E-state index in [1.807, 2.05) is 0 Å². The summed E-state index contributed by atoms with van der Waals surface area (Å²) in [5.41, 5.74) is 1.12. The first-order valence-electron chi connectivity index (χ1n) is 9.72. The van der Waals surface area contributed by atoms with Crippen molar-refractivity contribution in [2.45, 2.75) is 43.6 Å². The van der Waals surface area contributed by atoms with Gasteiger partial charge in [-0.25, -0.2) is 18.1 Å². The van der Waals surface area contributed by atoms with Crippen LogP contribution < -0.4 is 4.90 Å². The van der Waals surface area contributed by atoms with E-state index in [0.717, 1.165) is 4.90 Å². The first kappa shape index (κ1) is 19.0. The van der Waals surface area contributed by atoms with Gasteiger partial charge >= 0.3 is 6.03 Å². The topological polar surface area (TPSA) is 115 Å². The van der Waals surface area contributed by atoms with Gasteiger partial charge in [0.05, 0.1) is 28.1 Å². The van der Waals surface area contributed by atoms with Gasteiger partial charge in [0.2, 0.25) is 10.0 Å². The number of sulfonamides is 1. The van der Waals surface area contributed by atoms with Crippen molar-refractivity contribution in [1.29, 1.82) is 5.26 Å². The smallest absolute Gasteiger partial charge is 0.306 e. The number of carbonyl (C=O) groups excluding carboxylic acids is 2. The predicted octanol–water partition coefficient (Wildman–Crippen LogP) is 1.44. The number of benzene rings is 1. The summed E-state index contributed by atoms with van der Waals surface area (Å²) in [6, 6.07) is 6.43. The Hall–Kier alpha value is -3.03. The summed E-state index contributed by atoms with van der Waals surface area (Å²) in [6.45, 7) is 3.44. The van der Waals surface area contributed by atoms with Gasteiger partial charge in [-0.3, -0.25) is 9.78 Å². The molecule has 0 spiro atoms. The molecule has 2 aromatic rings. The van der Waals surface area contributed by atoms with Crippen LogP contribution in [0.15, 0.2) is 30.5 Å². The molecular weight excluding hydrogens is 406 g/mol. The van der Waals surface area contributed by atoms with E-state index in [0.29, 0.717) is 28.6 Å². The van der Waals surface area contributed by atoms with Crippen molar-refractivity contribution in [2.24, 2.45) is 0 Å². The van der Waals surface area contributed by atoms with Gasteiger partial charge in [0.25, 0.3) is 5.91 Å². The Bertz CT molecular complexity index is 1250. The van der Waals surface area contributed by atoms with E-state index in [4.69, 9.17) is 0 Å². The van der Waals surface area contributed by atoms with Gasteiger partial charge in [-0.1, -0.05) is 0 Å². The molecule has 3 saturated heterocycles. The van der Waals surface area contributed by atoms with E-state index < -0.39 is 39.3 Å². The quantitative estimate of drug-likeness (QED) is 0.688. The number of rotatable bonds is 3. The summed E-state index contributed by atoms with van der Waals surface area (Å²) < 4.78 is 26.9. The Morgan fingerprint density at radius 1 is 1.23 bits per heavy atom. The van der Waals surface area contributed by atoms with Crippen LogP contribution in [-0.2, 0) is 14.8 Å². The molecule has 0 saturated carbocycles. The number of hydrogen-bond acceptors (Lipinski definition) is 6. The lowest BCUT2D eigenvalue weighted by Gasteiger charge is -2.34. The molecule has 154 valence electrons. The molecule has 1 aromatic heterocycles. The number of piperazine rings is 1. The Kier molecular flexibility index (Phi) is 3.94. The molecule has 0 radical (unpaired) electrons. The highest BCUT2D eigenvalue weighted by atomic mass is 32.2. The number of amides is 3. The number of carbonyl (C=O) groups is 2. The summed E-state index contributed by atoms with van der Waals surface area (Å²) in [4.78, 5) is 33.5. The maximum absolute atomic E-state index is 13.4. The van der Waals surface area contributed by atoms with Crippen molar-refractivity contribution in [2.75, 3.05) is 11.4 Å². The third-order valence-electron chi connectivity index (χ3n) is 6.25. The lowest BCUT2D eigenvalue weighted by Crippen LogP contribution is -2.55. The Labute approximate surface area is 173 Å². The molecule has 0 N–H and O–H groups in total. The molecule has 5 rings (SSSR count). The molecule has 3 amide bonds. The highest BCUT2D eigenvalue weighted by Crippen LogP contribution is 2.44. The number of nitrogens with zero attached hydrogens (tertiary/aromatic N) is 5. The predicted molar refractivity (Wildman–Crippen MR) is 108 cm³/mol. The maximum atomic E-state index is 13.4. The van der Waals surface area contributed by atoms with Gasteiger partial charge in [0, 0.05) is 24.2 Å². The fourth-order valence-corrected chi connectivity index (χ4v) is 6.34. The summed E-state index contributed by atoms with van der Waals surface area (Å²) >= 11 is 0. The number of urea groups is 1. The third-order valence-corrected chi connectivity index (χ3v) is 8.51. The fourth-order valence-electron chi connectivity index (χ4n) is 4.84. The van der Waals surface area contributed by atoms with Crippen LogP contribution in [0.4, 0.5) is 10.5 Å². The SMILES string of the molecule is CC(C)S(=O)(=O)N1CC2CC1C1C(=O)N(c3ccc(C#N)c4ncccc34)C(=O)N21. The largest absolute Gasteiger partial charge is 0.332 e. The van der Waals surface area contributed by atoms with E-state index in [2.05, 4.69) is 11.1 Å². The lowest BCUT2D eigenvalue weighted by molar-refractivity contribution is -0.120. The highest BCUT2D eigenvalue weighted by Gasteiger charge is 2.64. The van der Waals surface area contributed by atoms with E-state index in [1.165, 1.54) is 9.21 Å². The molecule has 1 aromatic carbocycles. The van der Waals surface area contributed by atoms with Crippen LogP contribution in [0.3, 0.4) is 0 Å². The van der Waals surface area contributed by atoms with Gasteiger partial charge in [-0.05, 0) is 44.5 Å². The molecule has 0 aliphatic carbocycles. The van der Waals surface area contributed by atoms with Crippen molar-refractivity contribution < 1.29 is 18.0 Å². The molecule has 3 atom stereocenters. The van der Waals surface area contributed by atoms with E-state index in [9.17, 15) is 23.3 Å². The summed E-state index contributed by atoms with van der Waals surface area (Å²) in [5.74, 6) is -0.439. The first-order chi connectivity index (χ1) is 14.3. The van der Waals surface area contributed by atoms with Crippen LogP contribution >= 0.6 is 0 Å². The molecule has 10 heteroatoms. The van der Waals surface area contributed by atoms with Crippen LogP contribution in [0.1, 0.15) is 25.8 Å². The van der Waals surface area contributed by atoms with Crippen LogP contribution in [-0.4, -0.2) is 64.5 Å². The van der Waals surface area contributed by atoms with Crippen molar-refractivity contribution >= 4 is 38.6 Å². The van der Waals surface area contributed by atoms with E-state index >= 15 is 0 Å². The Balaban J connectivity index is 1.58. The zero-order valence-electron chi connectivity index (χ0n) is 16.4. The number of aromatic nitrogens is 1. The second kappa shape index (κ2) is 6.23. The molecule has 30 heavy (non-hydrogen) atoms. The number of fused-ring (bicyclic) bond motifs is 6. The zero-order chi connectivity index (χ0) is 21.4. The van der Waals surface area contributed by atoms with Crippen molar-refractivity contribution in [1.82, 2.24) is 14.2 Å². The molecule has 3 aliphatic rings. The molecule has 9 nitrogen and oxygen atoms in total. The lowest BCUT2D eigenvalue weighted by atomic mass is 10.1. The molecular formula is C20H19N5O4S. The average Bonchev–Trinajstić information content (AvgIpc) is 3.39. The minimum atomic E-state index is -3.53. The average molecular weight is 425 g/mol. The number of pyridine rings is 1. The van der Waals surface area contributed by atoms with Gasteiger partial charge in [-0.2, -0.15) is 9.57 Å². The second-order valence-corrected chi connectivity index (χ2v) is 10.5. The third kappa shape index (κ3) is 2.30. The molecule has 4 heterocycles. The van der Waals surface area contributed by atoms with Crippen molar-refractivity contribution in [3.63, 3.8) is 0 Å². The summed E-state index contributed by atoms with van der Waals surface area (Å²) in [5, 5.41) is 9.28. The molecule has 2 bridgehead atoms. The Morgan fingerprint density at radius 3 is 2.70 bits per heavy atom. The second-order valence-electron chi connectivity index (χ2n) is 8.07. The van der Waals surface area contributed by atoms with Crippen LogP contribution in [0, 0.1) is 11.3 Å². The minimum absolute atomic E-state index is 0.213. The number of hydrogen-bond donors (Lipinski definition) is 0. The Morgan fingerprint density at radius 2 is 2.00 bits per heavy atom. The summed E-state index contributed by atoms with van der Waals surface area (Å²) in [6.07, 6.45) is 2.02. The maximum Gasteiger partial charge on any atom is 0.332 e. The van der Waals surface area contributed by atoms with Crippen LogP contribution in [0.5, 0.6) is 0 Å². The van der Waals surface area contributed by atoms with Gasteiger partial charge in [0.1, 0.15) is 12.1 Å². The monoisotopic (exact) mass is 425 g/mol. The van der Waals surface area contributed by atoms with Crippen LogP contribution in [0.2, 0.25) is 0 Å². The van der Waals surface area contributed by atoms with Crippen molar-refractivity contribution in [3.05, 3.63) is 36.0 Å². The molecule has 3 fully saturated rings. The number of imide groups is 1. The van der Waals surface area contributed by atoms with Crippen molar-refractivity contribution in [3.8, 4) is 6.07 Å². The first-order valence-corrected chi connectivity index (χ1v) is 11.2. The minimum Gasteiger partial charge on any atom is -0.306 e. The molecule has 3 aliphatic heterocycles. The van der Waals surface area contributed by atoms with Gasteiger partial charge in [0.15, 0.2) is 0 Å². The van der Waals surface area contributed by atoms with E-state index in [-0.39, 0.29) is 12.6 Å². The fraction of sp³-hybridized carbons (Fsp3) is 0.400. The zero-order valence-corrected chi connectivity index (χ0v) is 17.2. The highest BCUT2D eigenvalue weighted by molar-refractivity contribution is 7.89. The standard InChI is InChI=1S/C20H19N5O4S/c1-11(2)30(28,29)23-10-13-8-16(23)18-19(26)25(20(27)24(13)18)15-6-5-12(9-21)17-14(15)4-3-7-22-17/h3-7,11,13,16,18H,8,10H2,1-2H3. The molecule has 3 unspecified atom stereocenters. The van der Waals surface area contributed by atoms with Gasteiger partial charge < -0.3 is 4.90 Å². The van der Waals surface area contributed by atoms with E-state index in [1.54, 1.807) is 44.3 Å². The summed E-state index contributed by atoms with van der Waals surface area (Å²) in [7, 11) is -3.53. The normalized spacial score (nSPS) is 26.1. The number of nitriles is 1. The van der Waals surface area contributed by atoms with Gasteiger partial charge in [-0.15, -0.1) is 0 Å². The number of anilines is 1. The van der Waals surface area contributed by atoms with Crippen LogP contribution in [0.25, 0.3) is 10.9 Å².